The number of nitrogen functional groups attached to an aromatic ring is 1. The van der Waals surface area contributed by atoms with Gasteiger partial charge in [0.15, 0.2) is 0 Å². The van der Waals surface area contributed by atoms with E-state index in [0.717, 1.165) is 28.3 Å². The van der Waals surface area contributed by atoms with Gasteiger partial charge >= 0.3 is 0 Å². The molecule has 0 aromatic carbocycles. The Balaban J connectivity index is 2.02. The van der Waals surface area contributed by atoms with Crippen LogP contribution in [0.25, 0.3) is 11.3 Å². The predicted molar refractivity (Wildman–Crippen MR) is 74.9 cm³/mol. The quantitative estimate of drug-likeness (QED) is 0.788. The zero-order chi connectivity index (χ0) is 14.1. The molecule has 0 unspecified atom stereocenters. The summed E-state index contributed by atoms with van der Waals surface area (Å²) in [4.78, 5) is 8.33. The molecule has 102 valence electrons. The van der Waals surface area contributed by atoms with Crippen LogP contribution in [0.4, 0.5) is 5.69 Å². The van der Waals surface area contributed by atoms with Crippen LogP contribution in [0.3, 0.4) is 0 Å². The lowest BCUT2D eigenvalue weighted by Crippen LogP contribution is -2.03. The largest absolute Gasteiger partial charge is 0.398 e. The van der Waals surface area contributed by atoms with Crippen LogP contribution in [0.15, 0.2) is 35.5 Å². The first-order chi connectivity index (χ1) is 9.66. The number of imidazole rings is 1. The lowest BCUT2D eigenvalue weighted by Gasteiger charge is -2.09. The fourth-order valence-corrected chi connectivity index (χ4v) is 2.19. The number of pyridine rings is 1. The first kappa shape index (κ1) is 12.4. The van der Waals surface area contributed by atoms with Crippen LogP contribution in [0, 0.1) is 13.8 Å². The van der Waals surface area contributed by atoms with Crippen molar-refractivity contribution in [3.8, 4) is 11.3 Å². The van der Waals surface area contributed by atoms with Gasteiger partial charge in [-0.25, -0.2) is 4.98 Å². The van der Waals surface area contributed by atoms with Gasteiger partial charge in [-0.3, -0.25) is 4.98 Å². The molecule has 0 saturated carbocycles. The van der Waals surface area contributed by atoms with Gasteiger partial charge in [0, 0.05) is 29.2 Å². The Hall–Kier alpha value is -2.63. The van der Waals surface area contributed by atoms with E-state index < -0.39 is 0 Å². The standard InChI is InChI=1S/C14H15N5O/c1-9-12(10(2)20-18-9)7-19-8-17-6-14(19)11-5-16-4-3-13(11)15/h3-6,8H,7H2,1-2H3,(H2,15,16). The van der Waals surface area contributed by atoms with E-state index >= 15 is 0 Å². The van der Waals surface area contributed by atoms with Gasteiger partial charge in [-0.2, -0.15) is 0 Å². The Kier molecular flexibility index (Phi) is 2.98. The summed E-state index contributed by atoms with van der Waals surface area (Å²) in [6.45, 7) is 4.48. The monoisotopic (exact) mass is 269 g/mol. The Bertz CT molecular complexity index is 724. The van der Waals surface area contributed by atoms with E-state index in [1.54, 1.807) is 31.0 Å². The molecule has 2 N–H and O–H groups in total. The second-order valence-corrected chi connectivity index (χ2v) is 4.67. The van der Waals surface area contributed by atoms with Crippen molar-refractivity contribution in [1.82, 2.24) is 19.7 Å². The Morgan fingerprint density at radius 2 is 2.10 bits per heavy atom. The summed E-state index contributed by atoms with van der Waals surface area (Å²) < 4.78 is 7.21. The molecule has 0 aliphatic rings. The Morgan fingerprint density at radius 3 is 2.80 bits per heavy atom. The summed E-state index contributed by atoms with van der Waals surface area (Å²) in [5.41, 5.74) is 10.4. The molecule has 0 saturated heterocycles. The van der Waals surface area contributed by atoms with Crippen molar-refractivity contribution in [3.05, 3.63) is 48.0 Å². The van der Waals surface area contributed by atoms with Gasteiger partial charge < -0.3 is 14.8 Å². The number of aromatic nitrogens is 4. The highest BCUT2D eigenvalue weighted by Crippen LogP contribution is 2.25. The average Bonchev–Trinajstić information content (AvgIpc) is 3.01. The zero-order valence-corrected chi connectivity index (χ0v) is 11.4. The van der Waals surface area contributed by atoms with Gasteiger partial charge in [0.25, 0.3) is 0 Å². The maximum absolute atomic E-state index is 6.00. The fraction of sp³-hybridized carbons (Fsp3) is 0.214. The normalized spacial score (nSPS) is 10.9. The number of aryl methyl sites for hydroxylation is 2. The summed E-state index contributed by atoms with van der Waals surface area (Å²) in [5, 5.41) is 3.97. The highest BCUT2D eigenvalue weighted by atomic mass is 16.5. The van der Waals surface area contributed by atoms with E-state index in [1.807, 2.05) is 18.4 Å². The molecular weight excluding hydrogens is 254 g/mol. The van der Waals surface area contributed by atoms with E-state index in [9.17, 15) is 0 Å². The molecule has 6 nitrogen and oxygen atoms in total. The number of hydrogen-bond donors (Lipinski definition) is 1. The van der Waals surface area contributed by atoms with Crippen molar-refractivity contribution in [3.63, 3.8) is 0 Å². The van der Waals surface area contributed by atoms with Crippen LogP contribution >= 0.6 is 0 Å². The molecule has 3 aromatic heterocycles. The number of hydrogen-bond acceptors (Lipinski definition) is 5. The zero-order valence-electron chi connectivity index (χ0n) is 11.4. The first-order valence-corrected chi connectivity index (χ1v) is 6.28. The predicted octanol–water partition coefficient (Wildman–Crippen LogP) is 2.18. The molecule has 0 spiro atoms. The van der Waals surface area contributed by atoms with E-state index in [-0.39, 0.29) is 0 Å². The number of anilines is 1. The van der Waals surface area contributed by atoms with Crippen LogP contribution in [0.5, 0.6) is 0 Å². The van der Waals surface area contributed by atoms with Gasteiger partial charge in [-0.05, 0) is 19.9 Å². The number of rotatable bonds is 3. The van der Waals surface area contributed by atoms with Crippen LogP contribution in [0.1, 0.15) is 17.0 Å². The molecule has 3 heterocycles. The lowest BCUT2D eigenvalue weighted by atomic mass is 10.1. The third-order valence-corrected chi connectivity index (χ3v) is 3.35. The fourth-order valence-electron chi connectivity index (χ4n) is 2.19. The summed E-state index contributed by atoms with van der Waals surface area (Å²) in [5.74, 6) is 0.821. The topological polar surface area (TPSA) is 82.8 Å². The van der Waals surface area contributed by atoms with Gasteiger partial charge in [0.2, 0.25) is 0 Å². The first-order valence-electron chi connectivity index (χ1n) is 6.28. The molecule has 3 aromatic rings. The second-order valence-electron chi connectivity index (χ2n) is 4.67. The Morgan fingerprint density at radius 1 is 1.25 bits per heavy atom. The molecule has 0 bridgehead atoms. The molecule has 3 rings (SSSR count). The van der Waals surface area contributed by atoms with Gasteiger partial charge in [0.1, 0.15) is 5.76 Å². The van der Waals surface area contributed by atoms with Crippen molar-refractivity contribution in [2.24, 2.45) is 0 Å². The molecule has 6 heteroatoms. The molecule has 0 atom stereocenters. The smallest absolute Gasteiger partial charge is 0.138 e. The third kappa shape index (κ3) is 2.05. The van der Waals surface area contributed by atoms with Gasteiger partial charge in [-0.1, -0.05) is 5.16 Å². The summed E-state index contributed by atoms with van der Waals surface area (Å²) >= 11 is 0. The van der Waals surface area contributed by atoms with E-state index in [4.69, 9.17) is 10.3 Å². The van der Waals surface area contributed by atoms with E-state index in [2.05, 4.69) is 15.1 Å². The highest BCUT2D eigenvalue weighted by molar-refractivity contribution is 5.72. The van der Waals surface area contributed by atoms with Crippen molar-refractivity contribution >= 4 is 5.69 Å². The molecule has 0 aliphatic carbocycles. The number of nitrogens with two attached hydrogens (primary N) is 1. The molecule has 0 aliphatic heterocycles. The molecule has 0 radical (unpaired) electrons. The van der Waals surface area contributed by atoms with Crippen molar-refractivity contribution < 1.29 is 4.52 Å². The maximum atomic E-state index is 6.00. The summed E-state index contributed by atoms with van der Waals surface area (Å²) in [7, 11) is 0. The van der Waals surface area contributed by atoms with Crippen LogP contribution in [-0.4, -0.2) is 19.7 Å². The highest BCUT2D eigenvalue weighted by Gasteiger charge is 2.13. The Labute approximate surface area is 116 Å². The maximum Gasteiger partial charge on any atom is 0.138 e. The molecule has 0 fully saturated rings. The minimum Gasteiger partial charge on any atom is -0.398 e. The van der Waals surface area contributed by atoms with Crippen molar-refractivity contribution in [2.75, 3.05) is 5.73 Å². The van der Waals surface area contributed by atoms with Crippen molar-refractivity contribution in [1.29, 1.82) is 0 Å². The minimum atomic E-state index is 0.644. The summed E-state index contributed by atoms with van der Waals surface area (Å²) in [6, 6.07) is 1.78. The van der Waals surface area contributed by atoms with Crippen LogP contribution in [0.2, 0.25) is 0 Å². The summed E-state index contributed by atoms with van der Waals surface area (Å²) in [6.07, 6.45) is 6.98. The molecule has 20 heavy (non-hydrogen) atoms. The third-order valence-electron chi connectivity index (χ3n) is 3.35. The van der Waals surface area contributed by atoms with Crippen LogP contribution in [-0.2, 0) is 6.54 Å². The van der Waals surface area contributed by atoms with Crippen molar-refractivity contribution in [2.45, 2.75) is 20.4 Å². The van der Waals surface area contributed by atoms with Gasteiger partial charge in [-0.15, -0.1) is 0 Å². The van der Waals surface area contributed by atoms with Crippen LogP contribution < -0.4 is 5.73 Å². The SMILES string of the molecule is Cc1noc(C)c1Cn1cncc1-c1cnccc1N. The molecular formula is C14H15N5O. The number of nitrogens with zero attached hydrogens (tertiary/aromatic N) is 4. The lowest BCUT2D eigenvalue weighted by molar-refractivity contribution is 0.392. The van der Waals surface area contributed by atoms with E-state index in [1.165, 1.54) is 0 Å². The molecule has 0 amide bonds. The average molecular weight is 269 g/mol. The minimum absolute atomic E-state index is 0.644. The van der Waals surface area contributed by atoms with Gasteiger partial charge in [0.05, 0.1) is 30.5 Å². The second kappa shape index (κ2) is 4.80. The van der Waals surface area contributed by atoms with E-state index in [0.29, 0.717) is 12.2 Å².